The Kier molecular flexibility index (Phi) is 6.52. The van der Waals surface area contributed by atoms with Crippen LogP contribution in [0.4, 0.5) is 5.69 Å². The lowest BCUT2D eigenvalue weighted by Gasteiger charge is -2.09. The van der Waals surface area contributed by atoms with Gasteiger partial charge in [0.05, 0.1) is 6.21 Å². The first-order chi connectivity index (χ1) is 11.5. The summed E-state index contributed by atoms with van der Waals surface area (Å²) in [5.74, 6) is -0.550. The van der Waals surface area contributed by atoms with E-state index in [0.29, 0.717) is 10.7 Å². The van der Waals surface area contributed by atoms with Crippen LogP contribution in [0.1, 0.15) is 28.2 Å². The fourth-order valence-electron chi connectivity index (χ4n) is 1.93. The number of nitrogens with one attached hydrogen (secondary N) is 2. The summed E-state index contributed by atoms with van der Waals surface area (Å²) in [6.07, 6.45) is 1.72. The summed E-state index contributed by atoms with van der Waals surface area (Å²) in [5.41, 5.74) is 3.87. The molecule has 2 amide bonds. The summed E-state index contributed by atoms with van der Waals surface area (Å²) in [6.45, 7) is 3.83. The van der Waals surface area contributed by atoms with Crippen molar-refractivity contribution < 1.29 is 9.59 Å². The maximum atomic E-state index is 11.9. The Balaban J connectivity index is 1.76. The molecule has 0 spiro atoms. The number of amides is 2. The molecule has 2 aromatic rings. The average molecular weight is 364 g/mol. The van der Waals surface area contributed by atoms with Crippen LogP contribution in [0.2, 0.25) is 5.02 Å². The highest BCUT2D eigenvalue weighted by Gasteiger charge is 2.09. The third kappa shape index (κ3) is 5.47. The second kappa shape index (κ2) is 8.61. The molecule has 1 aromatic heterocycles. The van der Waals surface area contributed by atoms with Crippen LogP contribution in [0, 0.1) is 13.8 Å². The van der Waals surface area contributed by atoms with E-state index in [2.05, 4.69) is 15.8 Å². The molecule has 2 N–H and O–H groups in total. The number of anilines is 1. The lowest BCUT2D eigenvalue weighted by atomic mass is 10.2. The first-order valence-electron chi connectivity index (χ1n) is 7.39. The molecule has 1 aromatic carbocycles. The topological polar surface area (TPSA) is 70.6 Å². The number of nitrogens with zero attached hydrogens (tertiary/aromatic N) is 1. The Bertz CT molecular complexity index is 771. The minimum Gasteiger partial charge on any atom is -0.326 e. The molecule has 5 nitrogen and oxygen atoms in total. The summed E-state index contributed by atoms with van der Waals surface area (Å²) in [7, 11) is 0. The Morgan fingerprint density at radius 3 is 2.62 bits per heavy atom. The van der Waals surface area contributed by atoms with Gasteiger partial charge in [-0.1, -0.05) is 17.7 Å². The van der Waals surface area contributed by atoms with E-state index in [1.165, 1.54) is 4.88 Å². The summed E-state index contributed by atoms with van der Waals surface area (Å²) in [4.78, 5) is 25.7. The van der Waals surface area contributed by atoms with E-state index in [4.69, 9.17) is 11.6 Å². The maximum Gasteiger partial charge on any atom is 0.240 e. The minimum atomic E-state index is -0.308. The van der Waals surface area contributed by atoms with Gasteiger partial charge in [-0.05, 0) is 43.7 Å². The van der Waals surface area contributed by atoms with E-state index in [-0.39, 0.29) is 24.7 Å². The summed E-state index contributed by atoms with van der Waals surface area (Å²) >= 11 is 7.59. The van der Waals surface area contributed by atoms with Crippen molar-refractivity contribution in [3.05, 3.63) is 50.7 Å². The SMILES string of the molecule is Cc1ccc(/C=N\NC(=O)CCC(=O)Nc2cccc(Cl)c2C)s1. The van der Waals surface area contributed by atoms with Crippen molar-refractivity contribution in [1.82, 2.24) is 5.43 Å². The van der Waals surface area contributed by atoms with Crippen LogP contribution in [0.3, 0.4) is 0 Å². The standard InChI is InChI=1S/C17H18ClN3O2S/c1-11-6-7-13(24-11)10-19-21-17(23)9-8-16(22)20-15-5-3-4-14(18)12(15)2/h3-7,10H,8-9H2,1-2H3,(H,20,22)(H,21,23)/b19-10-. The van der Waals surface area contributed by atoms with Crippen LogP contribution < -0.4 is 10.7 Å². The van der Waals surface area contributed by atoms with E-state index >= 15 is 0 Å². The fraction of sp³-hybridized carbons (Fsp3) is 0.235. The van der Waals surface area contributed by atoms with E-state index < -0.39 is 0 Å². The van der Waals surface area contributed by atoms with E-state index in [0.717, 1.165) is 10.4 Å². The molecule has 0 saturated heterocycles. The third-order valence-corrected chi connectivity index (χ3v) is 4.61. The summed E-state index contributed by atoms with van der Waals surface area (Å²) in [5, 5.41) is 7.22. The lowest BCUT2D eigenvalue weighted by Crippen LogP contribution is -2.20. The number of hydrogen-bond donors (Lipinski definition) is 2. The van der Waals surface area contributed by atoms with Crippen LogP contribution >= 0.6 is 22.9 Å². The molecule has 0 bridgehead atoms. The number of hydrazone groups is 1. The number of carbonyl (C=O) groups excluding carboxylic acids is 2. The quantitative estimate of drug-likeness (QED) is 0.603. The van der Waals surface area contributed by atoms with Gasteiger partial charge in [0.2, 0.25) is 11.8 Å². The molecule has 0 aliphatic carbocycles. The highest BCUT2D eigenvalue weighted by atomic mass is 35.5. The number of halogens is 1. The molecule has 0 aliphatic rings. The first kappa shape index (κ1) is 18.2. The number of benzene rings is 1. The number of hydrogen-bond acceptors (Lipinski definition) is 4. The molecule has 0 radical (unpaired) electrons. The number of rotatable bonds is 6. The first-order valence-corrected chi connectivity index (χ1v) is 8.58. The van der Waals surface area contributed by atoms with Crippen molar-refractivity contribution in [2.45, 2.75) is 26.7 Å². The zero-order valence-corrected chi connectivity index (χ0v) is 15.0. The number of aryl methyl sites for hydroxylation is 1. The molecule has 0 aliphatic heterocycles. The van der Waals surface area contributed by atoms with Gasteiger partial charge in [0, 0.05) is 33.3 Å². The van der Waals surface area contributed by atoms with Crippen LogP contribution in [0.15, 0.2) is 35.4 Å². The molecule has 0 atom stereocenters. The second-order valence-electron chi connectivity index (χ2n) is 5.20. The highest BCUT2D eigenvalue weighted by molar-refractivity contribution is 7.13. The van der Waals surface area contributed by atoms with Gasteiger partial charge < -0.3 is 5.32 Å². The third-order valence-electron chi connectivity index (χ3n) is 3.26. The molecule has 1 heterocycles. The van der Waals surface area contributed by atoms with Crippen molar-refractivity contribution in [3.63, 3.8) is 0 Å². The van der Waals surface area contributed by atoms with Crippen molar-refractivity contribution in [2.24, 2.45) is 5.10 Å². The van der Waals surface area contributed by atoms with E-state index in [9.17, 15) is 9.59 Å². The molecular weight excluding hydrogens is 346 g/mol. The fourth-order valence-corrected chi connectivity index (χ4v) is 2.85. The van der Waals surface area contributed by atoms with E-state index in [1.807, 2.05) is 26.0 Å². The van der Waals surface area contributed by atoms with Gasteiger partial charge in [-0.15, -0.1) is 11.3 Å². The molecule has 2 rings (SSSR count). The van der Waals surface area contributed by atoms with E-state index in [1.54, 1.807) is 35.8 Å². The van der Waals surface area contributed by atoms with Crippen molar-refractivity contribution in [2.75, 3.05) is 5.32 Å². The predicted octanol–water partition coefficient (Wildman–Crippen LogP) is 3.89. The smallest absolute Gasteiger partial charge is 0.240 e. The van der Waals surface area contributed by atoms with Gasteiger partial charge in [0.15, 0.2) is 0 Å². The van der Waals surface area contributed by atoms with Crippen LogP contribution in [-0.4, -0.2) is 18.0 Å². The van der Waals surface area contributed by atoms with Gasteiger partial charge >= 0.3 is 0 Å². The Morgan fingerprint density at radius 1 is 1.17 bits per heavy atom. The Morgan fingerprint density at radius 2 is 1.92 bits per heavy atom. The van der Waals surface area contributed by atoms with Crippen LogP contribution in [0.5, 0.6) is 0 Å². The molecule has 7 heteroatoms. The van der Waals surface area contributed by atoms with Crippen LogP contribution in [0.25, 0.3) is 0 Å². The molecule has 0 unspecified atom stereocenters. The Hall–Kier alpha value is -2.18. The number of carbonyl (C=O) groups is 2. The molecule has 0 fully saturated rings. The van der Waals surface area contributed by atoms with Crippen molar-refractivity contribution in [3.8, 4) is 0 Å². The largest absolute Gasteiger partial charge is 0.326 e. The van der Waals surface area contributed by atoms with Crippen LogP contribution in [-0.2, 0) is 9.59 Å². The monoisotopic (exact) mass is 363 g/mol. The zero-order chi connectivity index (χ0) is 17.5. The summed E-state index contributed by atoms with van der Waals surface area (Å²) in [6, 6.07) is 9.20. The number of thiophene rings is 1. The molecule has 24 heavy (non-hydrogen) atoms. The second-order valence-corrected chi connectivity index (χ2v) is 6.93. The molecule has 126 valence electrons. The average Bonchev–Trinajstić information content (AvgIpc) is 2.95. The van der Waals surface area contributed by atoms with Crippen molar-refractivity contribution >= 4 is 46.7 Å². The lowest BCUT2D eigenvalue weighted by molar-refractivity contribution is -0.124. The molecule has 0 saturated carbocycles. The normalized spacial score (nSPS) is 10.8. The predicted molar refractivity (Wildman–Crippen MR) is 98.8 cm³/mol. The highest BCUT2D eigenvalue weighted by Crippen LogP contribution is 2.23. The summed E-state index contributed by atoms with van der Waals surface area (Å²) < 4.78 is 0. The Labute approximate surface area is 149 Å². The van der Waals surface area contributed by atoms with Gasteiger partial charge in [0.1, 0.15) is 0 Å². The van der Waals surface area contributed by atoms with Gasteiger partial charge in [-0.25, -0.2) is 5.43 Å². The zero-order valence-electron chi connectivity index (χ0n) is 13.4. The minimum absolute atomic E-state index is 0.0618. The van der Waals surface area contributed by atoms with Gasteiger partial charge in [0.25, 0.3) is 0 Å². The van der Waals surface area contributed by atoms with Gasteiger partial charge in [-0.3, -0.25) is 9.59 Å². The van der Waals surface area contributed by atoms with Gasteiger partial charge in [-0.2, -0.15) is 5.10 Å². The van der Waals surface area contributed by atoms with Crippen molar-refractivity contribution in [1.29, 1.82) is 0 Å². The molecular formula is C17H18ClN3O2S. The maximum absolute atomic E-state index is 11.9.